The number of hydrogen-bond acceptors (Lipinski definition) is 4. The number of benzene rings is 1. The standard InChI is InChI=1S/C9H10O2S2/c10-7-2-1-6(5-8(7)11)9-12-3-4-13-9/h1-2,5,9-11H,3-4H2. The molecular formula is C9H10O2S2. The summed E-state index contributed by atoms with van der Waals surface area (Å²) in [5.74, 6) is 2.26. The lowest BCUT2D eigenvalue weighted by atomic mass is 10.2. The maximum absolute atomic E-state index is 9.29. The molecule has 0 bridgehead atoms. The van der Waals surface area contributed by atoms with Gasteiger partial charge in [0.2, 0.25) is 0 Å². The number of phenols is 2. The molecule has 0 atom stereocenters. The average Bonchev–Trinajstić information content (AvgIpc) is 2.62. The molecule has 0 spiro atoms. The Morgan fingerprint density at radius 2 is 1.77 bits per heavy atom. The summed E-state index contributed by atoms with van der Waals surface area (Å²) < 4.78 is 0.423. The second-order valence-electron chi connectivity index (χ2n) is 2.82. The Bertz CT molecular complexity index is 308. The Hall–Kier alpha value is -0.480. The van der Waals surface area contributed by atoms with Crippen molar-refractivity contribution in [2.24, 2.45) is 0 Å². The summed E-state index contributed by atoms with van der Waals surface area (Å²) in [7, 11) is 0. The van der Waals surface area contributed by atoms with Crippen LogP contribution in [0, 0.1) is 0 Å². The zero-order valence-corrected chi connectivity index (χ0v) is 8.57. The molecule has 1 aliphatic heterocycles. The number of aromatic hydroxyl groups is 2. The maximum atomic E-state index is 9.29. The predicted molar refractivity (Wildman–Crippen MR) is 57.4 cm³/mol. The van der Waals surface area contributed by atoms with Gasteiger partial charge in [-0.25, -0.2) is 0 Å². The summed E-state index contributed by atoms with van der Waals surface area (Å²) in [6.45, 7) is 0. The van der Waals surface area contributed by atoms with E-state index < -0.39 is 0 Å². The molecule has 2 N–H and O–H groups in total. The smallest absolute Gasteiger partial charge is 0.157 e. The minimum absolute atomic E-state index is 0.0226. The lowest BCUT2D eigenvalue weighted by Gasteiger charge is -2.08. The second kappa shape index (κ2) is 3.72. The third-order valence-corrected chi connectivity index (χ3v) is 5.00. The van der Waals surface area contributed by atoms with Crippen molar-refractivity contribution in [1.29, 1.82) is 0 Å². The summed E-state index contributed by atoms with van der Waals surface area (Å²) in [5, 5.41) is 18.4. The van der Waals surface area contributed by atoms with Gasteiger partial charge in [-0.15, -0.1) is 23.5 Å². The summed E-state index contributed by atoms with van der Waals surface area (Å²) >= 11 is 3.76. The van der Waals surface area contributed by atoms with Crippen molar-refractivity contribution in [1.82, 2.24) is 0 Å². The van der Waals surface area contributed by atoms with E-state index in [0.29, 0.717) is 4.58 Å². The van der Waals surface area contributed by atoms with Crippen LogP contribution in [0.25, 0.3) is 0 Å². The molecule has 0 aliphatic carbocycles. The van der Waals surface area contributed by atoms with Crippen molar-refractivity contribution < 1.29 is 10.2 Å². The molecule has 0 radical (unpaired) electrons. The summed E-state index contributed by atoms with van der Waals surface area (Å²) in [6.07, 6.45) is 0. The lowest BCUT2D eigenvalue weighted by molar-refractivity contribution is 0.403. The Balaban J connectivity index is 2.25. The fourth-order valence-corrected chi connectivity index (χ4v) is 4.08. The maximum Gasteiger partial charge on any atom is 0.157 e. The van der Waals surface area contributed by atoms with Gasteiger partial charge in [0.15, 0.2) is 11.5 Å². The minimum atomic E-state index is -0.0447. The van der Waals surface area contributed by atoms with E-state index in [4.69, 9.17) is 5.11 Å². The first-order chi connectivity index (χ1) is 6.27. The van der Waals surface area contributed by atoms with Crippen LogP contribution in [0.3, 0.4) is 0 Å². The molecule has 1 heterocycles. The molecule has 2 nitrogen and oxygen atoms in total. The van der Waals surface area contributed by atoms with Crippen LogP contribution < -0.4 is 0 Å². The lowest BCUT2D eigenvalue weighted by Crippen LogP contribution is -1.83. The molecule has 1 aromatic rings. The zero-order chi connectivity index (χ0) is 9.26. The second-order valence-corrected chi connectivity index (χ2v) is 5.55. The minimum Gasteiger partial charge on any atom is -0.504 e. The molecule has 1 aromatic carbocycles. The van der Waals surface area contributed by atoms with E-state index in [2.05, 4.69) is 0 Å². The van der Waals surface area contributed by atoms with Crippen LogP contribution in [0.4, 0.5) is 0 Å². The number of thioether (sulfide) groups is 2. The van der Waals surface area contributed by atoms with Crippen LogP contribution in [-0.2, 0) is 0 Å². The summed E-state index contributed by atoms with van der Waals surface area (Å²) in [5.41, 5.74) is 1.09. The predicted octanol–water partition coefficient (Wildman–Crippen LogP) is 2.58. The van der Waals surface area contributed by atoms with Gasteiger partial charge < -0.3 is 10.2 Å². The molecule has 13 heavy (non-hydrogen) atoms. The molecule has 1 aliphatic rings. The first-order valence-corrected chi connectivity index (χ1v) is 6.12. The van der Waals surface area contributed by atoms with Gasteiger partial charge in [-0.2, -0.15) is 0 Å². The number of phenolic OH excluding ortho intramolecular Hbond substituents is 2. The van der Waals surface area contributed by atoms with E-state index in [0.717, 1.165) is 17.1 Å². The van der Waals surface area contributed by atoms with E-state index in [1.807, 2.05) is 29.6 Å². The van der Waals surface area contributed by atoms with Crippen LogP contribution >= 0.6 is 23.5 Å². The van der Waals surface area contributed by atoms with Gasteiger partial charge >= 0.3 is 0 Å². The van der Waals surface area contributed by atoms with Gasteiger partial charge in [0.05, 0.1) is 4.58 Å². The molecule has 70 valence electrons. The largest absolute Gasteiger partial charge is 0.504 e. The molecule has 0 aromatic heterocycles. The van der Waals surface area contributed by atoms with Crippen LogP contribution in [0.2, 0.25) is 0 Å². The molecular weight excluding hydrogens is 204 g/mol. The summed E-state index contributed by atoms with van der Waals surface area (Å²) in [4.78, 5) is 0. The Kier molecular flexibility index (Phi) is 2.60. The van der Waals surface area contributed by atoms with Gasteiger partial charge in [-0.3, -0.25) is 0 Å². The molecule has 1 fully saturated rings. The van der Waals surface area contributed by atoms with E-state index in [9.17, 15) is 5.11 Å². The monoisotopic (exact) mass is 214 g/mol. The van der Waals surface area contributed by atoms with E-state index >= 15 is 0 Å². The topological polar surface area (TPSA) is 40.5 Å². The zero-order valence-electron chi connectivity index (χ0n) is 6.93. The van der Waals surface area contributed by atoms with Gasteiger partial charge in [-0.1, -0.05) is 6.07 Å². The highest BCUT2D eigenvalue weighted by Crippen LogP contribution is 2.46. The normalized spacial score (nSPS) is 17.8. The van der Waals surface area contributed by atoms with E-state index in [-0.39, 0.29) is 11.5 Å². The highest BCUT2D eigenvalue weighted by atomic mass is 32.2. The highest BCUT2D eigenvalue weighted by molar-refractivity contribution is 8.19. The number of hydrogen-bond donors (Lipinski definition) is 2. The Labute approximate surface area is 85.4 Å². The van der Waals surface area contributed by atoms with E-state index in [1.165, 1.54) is 0 Å². The van der Waals surface area contributed by atoms with Crippen LogP contribution in [0.5, 0.6) is 11.5 Å². The van der Waals surface area contributed by atoms with Gasteiger partial charge in [0.25, 0.3) is 0 Å². The molecule has 0 saturated carbocycles. The molecule has 0 amide bonds. The third kappa shape index (κ3) is 1.89. The van der Waals surface area contributed by atoms with Crippen LogP contribution in [0.1, 0.15) is 10.1 Å². The quantitative estimate of drug-likeness (QED) is 0.705. The molecule has 1 saturated heterocycles. The first kappa shape index (κ1) is 9.09. The van der Waals surface area contributed by atoms with Gasteiger partial charge in [-0.05, 0) is 17.7 Å². The SMILES string of the molecule is Oc1ccc(C2SCCS2)cc1O. The Morgan fingerprint density at radius 1 is 1.08 bits per heavy atom. The van der Waals surface area contributed by atoms with Crippen LogP contribution in [-0.4, -0.2) is 21.7 Å². The van der Waals surface area contributed by atoms with E-state index in [1.54, 1.807) is 12.1 Å². The van der Waals surface area contributed by atoms with Crippen molar-refractivity contribution in [2.75, 3.05) is 11.5 Å². The van der Waals surface area contributed by atoms with Gasteiger partial charge in [0.1, 0.15) is 0 Å². The van der Waals surface area contributed by atoms with Crippen molar-refractivity contribution >= 4 is 23.5 Å². The average molecular weight is 214 g/mol. The highest BCUT2D eigenvalue weighted by Gasteiger charge is 2.18. The number of rotatable bonds is 1. The third-order valence-electron chi connectivity index (χ3n) is 1.89. The van der Waals surface area contributed by atoms with Crippen molar-refractivity contribution in [3.05, 3.63) is 23.8 Å². The summed E-state index contributed by atoms with van der Waals surface area (Å²) in [6, 6.07) is 5.06. The fourth-order valence-electron chi connectivity index (χ4n) is 1.24. The first-order valence-electron chi connectivity index (χ1n) is 4.02. The van der Waals surface area contributed by atoms with Crippen molar-refractivity contribution in [3.8, 4) is 11.5 Å². The van der Waals surface area contributed by atoms with Gasteiger partial charge in [0, 0.05) is 11.5 Å². The van der Waals surface area contributed by atoms with Crippen LogP contribution in [0.15, 0.2) is 18.2 Å². The molecule has 0 unspecified atom stereocenters. The molecule has 4 heteroatoms. The fraction of sp³-hybridized carbons (Fsp3) is 0.333. The molecule has 2 rings (SSSR count). The van der Waals surface area contributed by atoms with Crippen molar-refractivity contribution in [3.63, 3.8) is 0 Å². The Morgan fingerprint density at radius 3 is 2.38 bits per heavy atom. The van der Waals surface area contributed by atoms with Crippen molar-refractivity contribution in [2.45, 2.75) is 4.58 Å².